The molecule has 5 rings (SSSR count). The van der Waals surface area contributed by atoms with Gasteiger partial charge in [0.1, 0.15) is 12.4 Å². The number of hydrogen-bond acceptors (Lipinski definition) is 5. The molecule has 2 aromatic carbocycles. The van der Waals surface area contributed by atoms with Crippen LogP contribution in [0.5, 0.6) is 5.75 Å². The standard InChI is InChI=1S/C25H29N5O3/c31-24(20-17-19-7-1-4-10-23(19)33-18-20)26-11-5-6-12-28-13-15-29(16-14-28)30-22-9-3-2-8-21(22)27-25(30)32/h1-4,7-10,17H,5-6,11-16,18H2,(H,26,31)(H,27,32). The van der Waals surface area contributed by atoms with E-state index in [4.69, 9.17) is 4.74 Å². The number of carbonyl (C=O) groups excluding carboxylic acids is 1. The molecule has 0 atom stereocenters. The summed E-state index contributed by atoms with van der Waals surface area (Å²) in [6.07, 6.45) is 3.86. The molecule has 3 heterocycles. The topological polar surface area (TPSA) is 82.6 Å². The first-order valence-electron chi connectivity index (χ1n) is 11.6. The Kier molecular flexibility index (Phi) is 6.17. The van der Waals surface area contributed by atoms with Gasteiger partial charge in [0.15, 0.2) is 0 Å². The molecule has 2 aliphatic rings. The zero-order valence-electron chi connectivity index (χ0n) is 18.6. The van der Waals surface area contributed by atoms with Gasteiger partial charge in [0, 0.05) is 38.3 Å². The largest absolute Gasteiger partial charge is 0.488 e. The fourth-order valence-electron chi connectivity index (χ4n) is 4.51. The molecular formula is C25H29N5O3. The fraction of sp³-hybridized carbons (Fsp3) is 0.360. The van der Waals surface area contributed by atoms with E-state index in [9.17, 15) is 9.59 Å². The van der Waals surface area contributed by atoms with Crippen LogP contribution in [0.1, 0.15) is 18.4 Å². The quantitative estimate of drug-likeness (QED) is 0.541. The summed E-state index contributed by atoms with van der Waals surface area (Å²) in [6, 6.07) is 15.5. The van der Waals surface area contributed by atoms with E-state index < -0.39 is 0 Å². The van der Waals surface area contributed by atoms with Crippen LogP contribution in [0, 0.1) is 0 Å². The first kappa shape index (κ1) is 21.3. The molecule has 1 amide bonds. The van der Waals surface area contributed by atoms with Crippen LogP contribution in [0.2, 0.25) is 0 Å². The molecule has 0 unspecified atom stereocenters. The van der Waals surface area contributed by atoms with E-state index >= 15 is 0 Å². The average molecular weight is 448 g/mol. The molecule has 0 aliphatic carbocycles. The average Bonchev–Trinajstić information content (AvgIpc) is 3.19. The minimum Gasteiger partial charge on any atom is -0.488 e. The van der Waals surface area contributed by atoms with Crippen molar-refractivity contribution in [3.63, 3.8) is 0 Å². The lowest BCUT2D eigenvalue weighted by atomic mass is 10.1. The minimum atomic E-state index is -0.0811. The molecule has 0 spiro atoms. The van der Waals surface area contributed by atoms with Crippen molar-refractivity contribution in [2.45, 2.75) is 12.8 Å². The highest BCUT2D eigenvalue weighted by Gasteiger charge is 2.20. The molecule has 1 aromatic heterocycles. The van der Waals surface area contributed by atoms with Crippen LogP contribution in [0.15, 0.2) is 58.9 Å². The van der Waals surface area contributed by atoms with Crippen molar-refractivity contribution in [3.05, 3.63) is 70.2 Å². The first-order valence-corrected chi connectivity index (χ1v) is 11.6. The number of hydrogen-bond donors (Lipinski definition) is 2. The number of carbonyl (C=O) groups is 1. The third kappa shape index (κ3) is 4.66. The molecule has 33 heavy (non-hydrogen) atoms. The fourth-order valence-corrected chi connectivity index (χ4v) is 4.51. The Morgan fingerprint density at radius 1 is 1.00 bits per heavy atom. The summed E-state index contributed by atoms with van der Waals surface area (Å²) >= 11 is 0. The van der Waals surface area contributed by atoms with Crippen LogP contribution in [0.4, 0.5) is 0 Å². The van der Waals surface area contributed by atoms with Crippen molar-refractivity contribution >= 4 is 23.0 Å². The Hall–Kier alpha value is -3.52. The van der Waals surface area contributed by atoms with Gasteiger partial charge in [-0.1, -0.05) is 30.3 Å². The number of aromatic nitrogens is 2. The number of nitrogens with zero attached hydrogens (tertiary/aromatic N) is 3. The van der Waals surface area contributed by atoms with Gasteiger partial charge in [0.05, 0.1) is 16.6 Å². The monoisotopic (exact) mass is 447 g/mol. The third-order valence-electron chi connectivity index (χ3n) is 6.31. The number of aromatic amines is 1. The molecule has 8 nitrogen and oxygen atoms in total. The highest BCUT2D eigenvalue weighted by molar-refractivity contribution is 5.99. The number of para-hydroxylation sites is 3. The lowest BCUT2D eigenvalue weighted by Crippen LogP contribution is -2.53. The van der Waals surface area contributed by atoms with E-state index in [1.54, 1.807) is 4.68 Å². The molecule has 3 aromatic rings. The van der Waals surface area contributed by atoms with E-state index in [0.29, 0.717) is 18.7 Å². The molecule has 0 radical (unpaired) electrons. The first-order chi connectivity index (χ1) is 16.2. The second-order valence-corrected chi connectivity index (χ2v) is 8.51. The molecule has 8 heteroatoms. The maximum absolute atomic E-state index is 12.4. The van der Waals surface area contributed by atoms with Crippen molar-refractivity contribution in [3.8, 4) is 5.75 Å². The van der Waals surface area contributed by atoms with Crippen LogP contribution in [-0.2, 0) is 4.79 Å². The van der Waals surface area contributed by atoms with Crippen molar-refractivity contribution in [2.24, 2.45) is 0 Å². The molecule has 0 saturated carbocycles. The Bertz CT molecular complexity index is 1220. The van der Waals surface area contributed by atoms with Gasteiger partial charge in [-0.15, -0.1) is 0 Å². The van der Waals surface area contributed by atoms with Gasteiger partial charge >= 0.3 is 5.69 Å². The summed E-state index contributed by atoms with van der Waals surface area (Å²) in [6.45, 7) is 5.42. The Morgan fingerprint density at radius 3 is 2.67 bits per heavy atom. The second-order valence-electron chi connectivity index (χ2n) is 8.51. The predicted octanol–water partition coefficient (Wildman–Crippen LogP) is 1.96. The summed E-state index contributed by atoms with van der Waals surface area (Å²) in [5.41, 5.74) is 3.32. The highest BCUT2D eigenvalue weighted by atomic mass is 16.5. The zero-order valence-corrected chi connectivity index (χ0v) is 18.6. The number of piperazine rings is 1. The number of ether oxygens (including phenoxy) is 1. The van der Waals surface area contributed by atoms with Crippen molar-refractivity contribution in [2.75, 3.05) is 50.9 Å². The zero-order chi connectivity index (χ0) is 22.6. The van der Waals surface area contributed by atoms with Crippen molar-refractivity contribution in [1.29, 1.82) is 0 Å². The third-order valence-corrected chi connectivity index (χ3v) is 6.31. The summed E-state index contributed by atoms with van der Waals surface area (Å²) in [5.74, 6) is 0.769. The maximum atomic E-state index is 12.4. The van der Waals surface area contributed by atoms with Gasteiger partial charge in [-0.3, -0.25) is 9.69 Å². The minimum absolute atomic E-state index is 0.0534. The predicted molar refractivity (Wildman–Crippen MR) is 129 cm³/mol. The SMILES string of the molecule is O=C(NCCCCN1CCN(n2c(=O)[nH]c3ccccc32)CC1)C1=Cc2ccccc2OC1. The van der Waals surface area contributed by atoms with Gasteiger partial charge < -0.3 is 20.0 Å². The Balaban J connectivity index is 1.04. The van der Waals surface area contributed by atoms with Gasteiger partial charge in [-0.25, -0.2) is 9.47 Å². The molecule has 1 saturated heterocycles. The summed E-state index contributed by atoms with van der Waals surface area (Å²) < 4.78 is 7.44. The number of unbranched alkanes of at least 4 members (excludes halogenated alkanes) is 1. The van der Waals surface area contributed by atoms with Gasteiger partial charge in [0.2, 0.25) is 0 Å². The van der Waals surface area contributed by atoms with Crippen LogP contribution in [-0.4, -0.2) is 66.3 Å². The van der Waals surface area contributed by atoms with Crippen LogP contribution in [0.3, 0.4) is 0 Å². The molecule has 172 valence electrons. The number of fused-ring (bicyclic) bond motifs is 2. The maximum Gasteiger partial charge on any atom is 0.345 e. The molecule has 1 fully saturated rings. The number of imidazole rings is 1. The molecule has 2 aliphatic heterocycles. The van der Waals surface area contributed by atoms with Gasteiger partial charge in [-0.05, 0) is 43.7 Å². The highest BCUT2D eigenvalue weighted by Crippen LogP contribution is 2.25. The van der Waals surface area contributed by atoms with E-state index in [-0.39, 0.29) is 11.6 Å². The summed E-state index contributed by atoms with van der Waals surface area (Å²) in [4.78, 5) is 30.2. The van der Waals surface area contributed by atoms with Crippen molar-refractivity contribution in [1.82, 2.24) is 19.9 Å². The van der Waals surface area contributed by atoms with E-state index in [1.807, 2.05) is 54.6 Å². The van der Waals surface area contributed by atoms with E-state index in [1.165, 1.54) is 0 Å². The number of amides is 1. The van der Waals surface area contributed by atoms with Gasteiger partial charge in [0.25, 0.3) is 5.91 Å². The number of H-pyrrole nitrogens is 1. The molecule has 0 bridgehead atoms. The van der Waals surface area contributed by atoms with Crippen molar-refractivity contribution < 1.29 is 9.53 Å². The Labute approximate surface area is 192 Å². The lowest BCUT2D eigenvalue weighted by Gasteiger charge is -2.36. The van der Waals surface area contributed by atoms with E-state index in [2.05, 4.69) is 20.2 Å². The number of benzene rings is 2. The number of rotatable bonds is 7. The van der Waals surface area contributed by atoms with Gasteiger partial charge in [-0.2, -0.15) is 0 Å². The van der Waals surface area contributed by atoms with Crippen LogP contribution >= 0.6 is 0 Å². The Morgan fingerprint density at radius 2 is 1.79 bits per heavy atom. The molecular weight excluding hydrogens is 418 g/mol. The summed E-state index contributed by atoms with van der Waals surface area (Å²) in [5, 5.41) is 5.14. The molecule has 2 N–H and O–H groups in total. The lowest BCUT2D eigenvalue weighted by molar-refractivity contribution is -0.117. The normalized spacial score (nSPS) is 16.2. The van der Waals surface area contributed by atoms with E-state index in [0.717, 1.165) is 67.9 Å². The van der Waals surface area contributed by atoms with Crippen LogP contribution < -0.4 is 20.8 Å². The van der Waals surface area contributed by atoms with Crippen LogP contribution in [0.25, 0.3) is 17.1 Å². The number of nitrogens with one attached hydrogen (secondary N) is 2. The smallest absolute Gasteiger partial charge is 0.345 e. The second kappa shape index (κ2) is 9.54. The summed E-state index contributed by atoms with van der Waals surface area (Å²) in [7, 11) is 0.